The molecular weight excluding hydrogens is 410 g/mol. The number of ether oxygens (including phenoxy) is 1. The molecule has 150 valence electrons. The number of nitrogens with zero attached hydrogens (tertiary/aromatic N) is 2. The number of aryl methyl sites for hydroxylation is 1. The van der Waals surface area contributed by atoms with Gasteiger partial charge in [-0.1, -0.05) is 24.3 Å². The molecule has 4 rings (SSSR count). The first kappa shape index (κ1) is 19.6. The van der Waals surface area contributed by atoms with Crippen molar-refractivity contribution >= 4 is 20.9 Å². The van der Waals surface area contributed by atoms with Gasteiger partial charge in [-0.05, 0) is 42.8 Å². The molecule has 1 heterocycles. The molecule has 4 aromatic rings. The van der Waals surface area contributed by atoms with Gasteiger partial charge in [0.25, 0.3) is 10.0 Å². The molecule has 8 heteroatoms. The second-order valence-corrected chi connectivity index (χ2v) is 8.37. The Hall–Kier alpha value is -3.70. The number of aromatic nitrogens is 1. The van der Waals surface area contributed by atoms with Gasteiger partial charge in [0.15, 0.2) is 17.4 Å². The van der Waals surface area contributed by atoms with E-state index in [0.717, 1.165) is 10.0 Å². The lowest BCUT2D eigenvalue weighted by Gasteiger charge is -2.11. The Balaban J connectivity index is 1.82. The highest BCUT2D eigenvalue weighted by Gasteiger charge is 2.24. The van der Waals surface area contributed by atoms with E-state index in [1.165, 1.54) is 36.5 Å². The average Bonchev–Trinajstić information content (AvgIpc) is 3.17. The van der Waals surface area contributed by atoms with E-state index in [4.69, 9.17) is 10.00 Å². The molecule has 5 nitrogen and oxygen atoms in total. The van der Waals surface area contributed by atoms with E-state index in [1.54, 1.807) is 31.2 Å². The quantitative estimate of drug-likeness (QED) is 0.455. The van der Waals surface area contributed by atoms with Gasteiger partial charge in [0.05, 0.1) is 22.0 Å². The van der Waals surface area contributed by atoms with Gasteiger partial charge in [-0.25, -0.2) is 21.2 Å². The normalized spacial score (nSPS) is 11.4. The van der Waals surface area contributed by atoms with Gasteiger partial charge in [-0.15, -0.1) is 0 Å². The first-order valence-electron chi connectivity index (χ1n) is 8.81. The SMILES string of the molecule is Cc1ccc(Oc2c(F)cc3c(ccn3S(=O)(=O)c3ccccc3)c2F)cc1C#N. The molecule has 0 saturated heterocycles. The van der Waals surface area contributed by atoms with E-state index in [1.807, 2.05) is 6.07 Å². The standard InChI is InChI=1S/C22H14F2N2O3S/c1-14-7-8-16(11-15(14)13-25)29-22-19(23)12-20-18(21(22)24)9-10-26(20)30(27,28)17-5-3-2-4-6-17/h2-12H,1H3. The Morgan fingerprint density at radius 1 is 1.03 bits per heavy atom. The zero-order chi connectivity index (χ0) is 21.5. The fourth-order valence-electron chi connectivity index (χ4n) is 3.08. The minimum atomic E-state index is -4.03. The van der Waals surface area contributed by atoms with Crippen LogP contribution in [0.1, 0.15) is 11.1 Å². The number of halogens is 2. The van der Waals surface area contributed by atoms with Crippen LogP contribution in [0.5, 0.6) is 11.5 Å². The Morgan fingerprint density at radius 3 is 2.47 bits per heavy atom. The molecule has 0 aliphatic rings. The fraction of sp³-hybridized carbons (Fsp3) is 0.0455. The second-order valence-electron chi connectivity index (χ2n) is 6.55. The molecular formula is C22H14F2N2O3S. The van der Waals surface area contributed by atoms with Crippen molar-refractivity contribution in [2.45, 2.75) is 11.8 Å². The zero-order valence-electron chi connectivity index (χ0n) is 15.6. The van der Waals surface area contributed by atoms with Crippen LogP contribution in [0.2, 0.25) is 0 Å². The van der Waals surface area contributed by atoms with Crippen molar-refractivity contribution in [2.24, 2.45) is 0 Å². The Bertz CT molecular complexity index is 1420. The van der Waals surface area contributed by atoms with Gasteiger partial charge in [0.2, 0.25) is 0 Å². The van der Waals surface area contributed by atoms with Crippen molar-refractivity contribution in [3.8, 4) is 17.6 Å². The molecule has 0 amide bonds. The third kappa shape index (κ3) is 3.19. The highest BCUT2D eigenvalue weighted by atomic mass is 32.2. The topological polar surface area (TPSA) is 72.1 Å². The third-order valence-electron chi connectivity index (χ3n) is 4.66. The van der Waals surface area contributed by atoms with Crippen molar-refractivity contribution in [2.75, 3.05) is 0 Å². The molecule has 0 bridgehead atoms. The lowest BCUT2D eigenvalue weighted by Crippen LogP contribution is -2.11. The van der Waals surface area contributed by atoms with Crippen LogP contribution in [-0.4, -0.2) is 12.4 Å². The van der Waals surface area contributed by atoms with Crippen LogP contribution in [0, 0.1) is 29.9 Å². The molecule has 30 heavy (non-hydrogen) atoms. The number of rotatable bonds is 4. The molecule has 0 radical (unpaired) electrons. The predicted octanol–water partition coefficient (Wildman–Crippen LogP) is 5.13. The Morgan fingerprint density at radius 2 is 1.77 bits per heavy atom. The lowest BCUT2D eigenvalue weighted by molar-refractivity contribution is 0.411. The first-order chi connectivity index (χ1) is 14.3. The Kier molecular flexibility index (Phi) is 4.76. The highest BCUT2D eigenvalue weighted by Crippen LogP contribution is 2.35. The number of fused-ring (bicyclic) bond motifs is 1. The number of benzene rings is 3. The third-order valence-corrected chi connectivity index (χ3v) is 6.36. The van der Waals surface area contributed by atoms with Gasteiger partial charge in [0, 0.05) is 17.6 Å². The van der Waals surface area contributed by atoms with Crippen LogP contribution < -0.4 is 4.74 Å². The van der Waals surface area contributed by atoms with Crippen LogP contribution in [-0.2, 0) is 10.0 Å². The smallest absolute Gasteiger partial charge is 0.268 e. The fourth-order valence-corrected chi connectivity index (χ4v) is 4.44. The summed E-state index contributed by atoms with van der Waals surface area (Å²) < 4.78 is 61.7. The number of hydrogen-bond acceptors (Lipinski definition) is 4. The second kappa shape index (κ2) is 7.28. The zero-order valence-corrected chi connectivity index (χ0v) is 16.5. The summed E-state index contributed by atoms with van der Waals surface area (Å²) >= 11 is 0. The lowest BCUT2D eigenvalue weighted by atomic mass is 10.1. The maximum absolute atomic E-state index is 15.0. The molecule has 0 spiro atoms. The van der Waals surface area contributed by atoms with E-state index >= 15 is 4.39 Å². The summed E-state index contributed by atoms with van der Waals surface area (Å²) in [4.78, 5) is -0.00710. The monoisotopic (exact) mass is 424 g/mol. The highest BCUT2D eigenvalue weighted by molar-refractivity contribution is 7.90. The minimum absolute atomic E-state index is 0.00710. The molecule has 0 aliphatic carbocycles. The summed E-state index contributed by atoms with van der Waals surface area (Å²) in [7, 11) is -4.03. The number of hydrogen-bond donors (Lipinski definition) is 0. The summed E-state index contributed by atoms with van der Waals surface area (Å²) in [6.45, 7) is 1.73. The van der Waals surface area contributed by atoms with Crippen LogP contribution in [0.15, 0.2) is 71.8 Å². The molecule has 0 fully saturated rings. The summed E-state index contributed by atoms with van der Waals surface area (Å²) in [5.41, 5.74) is 0.863. The van der Waals surface area contributed by atoms with Gasteiger partial charge < -0.3 is 4.74 Å². The summed E-state index contributed by atoms with van der Waals surface area (Å²) in [5, 5.41) is 9.01. The number of nitriles is 1. The summed E-state index contributed by atoms with van der Waals surface area (Å²) in [6, 6.07) is 16.2. The van der Waals surface area contributed by atoms with Crippen molar-refractivity contribution < 1.29 is 21.9 Å². The summed E-state index contributed by atoms with van der Waals surface area (Å²) in [6.07, 6.45) is 1.17. The van der Waals surface area contributed by atoms with Crippen molar-refractivity contribution in [1.82, 2.24) is 3.97 Å². The van der Waals surface area contributed by atoms with Gasteiger partial charge >= 0.3 is 0 Å². The van der Waals surface area contributed by atoms with Crippen LogP contribution in [0.4, 0.5) is 8.78 Å². The van der Waals surface area contributed by atoms with Crippen molar-refractivity contribution in [1.29, 1.82) is 5.26 Å². The molecule has 1 aromatic heterocycles. The van der Waals surface area contributed by atoms with E-state index in [-0.39, 0.29) is 21.5 Å². The predicted molar refractivity (Wildman–Crippen MR) is 107 cm³/mol. The largest absolute Gasteiger partial charge is 0.451 e. The van der Waals surface area contributed by atoms with Crippen LogP contribution >= 0.6 is 0 Å². The van der Waals surface area contributed by atoms with Gasteiger partial charge in [-0.3, -0.25) is 0 Å². The van der Waals surface area contributed by atoms with E-state index in [9.17, 15) is 12.8 Å². The molecule has 0 aliphatic heterocycles. The maximum Gasteiger partial charge on any atom is 0.268 e. The minimum Gasteiger partial charge on any atom is -0.451 e. The molecule has 0 atom stereocenters. The van der Waals surface area contributed by atoms with E-state index in [2.05, 4.69) is 0 Å². The van der Waals surface area contributed by atoms with E-state index < -0.39 is 27.4 Å². The Labute approximate surface area is 171 Å². The molecule has 0 N–H and O–H groups in total. The maximum atomic E-state index is 15.0. The van der Waals surface area contributed by atoms with Gasteiger partial charge in [0.1, 0.15) is 5.75 Å². The van der Waals surface area contributed by atoms with Crippen LogP contribution in [0.25, 0.3) is 10.9 Å². The van der Waals surface area contributed by atoms with Crippen molar-refractivity contribution in [3.05, 3.63) is 89.6 Å². The van der Waals surface area contributed by atoms with Crippen LogP contribution in [0.3, 0.4) is 0 Å². The average molecular weight is 424 g/mol. The first-order valence-corrected chi connectivity index (χ1v) is 10.2. The molecule has 0 unspecified atom stereocenters. The van der Waals surface area contributed by atoms with Gasteiger partial charge in [-0.2, -0.15) is 5.26 Å². The molecule has 3 aromatic carbocycles. The van der Waals surface area contributed by atoms with Crippen molar-refractivity contribution in [3.63, 3.8) is 0 Å². The van der Waals surface area contributed by atoms with E-state index in [0.29, 0.717) is 11.1 Å². The molecule has 0 saturated carbocycles. The summed E-state index contributed by atoms with van der Waals surface area (Å²) in [5.74, 6) is -2.69.